The van der Waals surface area contributed by atoms with E-state index in [9.17, 15) is 0 Å². The smallest absolute Gasteiger partial charge is 0.0676 e. The third-order valence-corrected chi connectivity index (χ3v) is 9.03. The van der Waals surface area contributed by atoms with Crippen molar-refractivity contribution in [3.8, 4) is 0 Å². The molecule has 1 radical (unpaired) electrons. The average molecular weight is 768 g/mol. The zero-order chi connectivity index (χ0) is 37.9. The first-order valence-electron chi connectivity index (χ1n) is 20.1. The van der Waals surface area contributed by atoms with Crippen molar-refractivity contribution in [2.45, 2.75) is 126 Å². The molecule has 0 nitrogen and oxygen atoms in total. The predicted octanol–water partition coefficient (Wildman–Crippen LogP) is 14.9. The molecule has 4 aliphatic rings. The van der Waals surface area contributed by atoms with Crippen LogP contribution in [0.4, 0.5) is 0 Å². The van der Waals surface area contributed by atoms with Gasteiger partial charge >= 0.3 is 0 Å². The summed E-state index contributed by atoms with van der Waals surface area (Å²) in [5, 5.41) is 0. The molecule has 0 amide bonds. The molecule has 0 saturated carbocycles. The molecule has 0 saturated heterocycles. The second-order valence-corrected chi connectivity index (χ2v) is 12.0. The molecule has 0 N–H and O–H groups in total. The fraction of sp³-hybridized carbons (Fsp3) is 0.373. The van der Waals surface area contributed by atoms with Gasteiger partial charge in [0.15, 0.2) is 0 Å². The van der Waals surface area contributed by atoms with Crippen LogP contribution in [0.15, 0.2) is 144 Å². The Bertz CT molecular complexity index is 1630. The first kappa shape index (κ1) is 47.0. The Morgan fingerprint density at radius 2 is 0.827 bits per heavy atom. The third kappa shape index (κ3) is 8.66. The summed E-state index contributed by atoms with van der Waals surface area (Å²) >= 11 is 0. The van der Waals surface area contributed by atoms with E-state index < -0.39 is 5.41 Å². The van der Waals surface area contributed by atoms with E-state index >= 15 is 0 Å². The van der Waals surface area contributed by atoms with Gasteiger partial charge < -0.3 is 0 Å². The first-order valence-corrected chi connectivity index (χ1v) is 20.1. The maximum atomic E-state index is 3.68. The first-order chi connectivity index (χ1) is 25.2. The second kappa shape index (κ2) is 24.3. The van der Waals surface area contributed by atoms with E-state index in [1.807, 2.05) is 55.4 Å². The molecule has 1 spiro atoms. The van der Waals surface area contributed by atoms with Crippen LogP contribution in [0.3, 0.4) is 0 Å². The molecule has 0 aromatic heterocycles. The van der Waals surface area contributed by atoms with Crippen LogP contribution in [0, 0.1) is 12.1 Å². The molecule has 0 atom stereocenters. The van der Waals surface area contributed by atoms with Gasteiger partial charge in [0.25, 0.3) is 0 Å². The standard InChI is InChI=1S/C37H26.2C3H8.4C2H6.Y/c1-3-15-28(16-4-1)36(29-17-5-2-6-18-29)32-21-11-23-34(32)37(35-24-12-22-33(35)36)30-19-9-7-13-26(30)25-27-14-8-10-20-31(27)37;2*1-3-2;4*1-2;/h1-15,17,19-21,24H,22-23,25H2;2*3H2,1-2H3;4*1-2H3;/q-2;;;;;;;. The SMILES string of the molecule is CC.CC.CC.CC.CCC.CCC.[Y].[c-]1ccccc1C1(c2[c-]cccc2)C2=C(CC=C2)C2(C3=C1CC=C3)c1ccccc1Cc1ccccc12. The molecule has 0 bridgehead atoms. The van der Waals surface area contributed by atoms with Gasteiger partial charge in [-0.25, -0.2) is 0 Å². The predicted molar refractivity (Wildman–Crippen MR) is 227 cm³/mol. The van der Waals surface area contributed by atoms with Gasteiger partial charge in [-0.05, 0) is 63.8 Å². The van der Waals surface area contributed by atoms with Crippen molar-refractivity contribution < 1.29 is 32.7 Å². The molecule has 0 heterocycles. The Kier molecular flexibility index (Phi) is 21.9. The second-order valence-electron chi connectivity index (χ2n) is 12.0. The van der Waals surface area contributed by atoms with Crippen LogP contribution in [-0.2, 0) is 50.0 Å². The van der Waals surface area contributed by atoms with Crippen LogP contribution in [0.25, 0.3) is 0 Å². The fourth-order valence-corrected chi connectivity index (χ4v) is 7.81. The molecule has 275 valence electrons. The number of benzene rings is 4. The Morgan fingerprint density at radius 3 is 1.21 bits per heavy atom. The summed E-state index contributed by atoms with van der Waals surface area (Å²) in [5.41, 5.74) is 13.3. The van der Waals surface area contributed by atoms with Crippen molar-refractivity contribution in [2.75, 3.05) is 0 Å². The summed E-state index contributed by atoms with van der Waals surface area (Å²) in [4.78, 5) is 0. The molecule has 4 aromatic rings. The number of hydrogen-bond donors (Lipinski definition) is 0. The summed E-state index contributed by atoms with van der Waals surface area (Å²) in [5.74, 6) is 0. The van der Waals surface area contributed by atoms with Gasteiger partial charge in [0.1, 0.15) is 0 Å². The zero-order valence-electron chi connectivity index (χ0n) is 34.7. The average Bonchev–Trinajstić information content (AvgIpc) is 3.92. The van der Waals surface area contributed by atoms with Gasteiger partial charge in [-0.2, -0.15) is 60.7 Å². The molecule has 0 fully saturated rings. The monoisotopic (exact) mass is 767 g/mol. The largest absolute Gasteiger partial charge is 0.179 e. The van der Waals surface area contributed by atoms with Crippen LogP contribution in [-0.4, -0.2) is 0 Å². The van der Waals surface area contributed by atoms with Crippen molar-refractivity contribution in [1.82, 2.24) is 0 Å². The molecule has 4 aliphatic carbocycles. The summed E-state index contributed by atoms with van der Waals surface area (Å²) < 4.78 is 0. The number of fused-ring (bicyclic) bond motifs is 6. The molecule has 0 unspecified atom stereocenters. The van der Waals surface area contributed by atoms with E-state index in [1.165, 1.54) is 68.5 Å². The van der Waals surface area contributed by atoms with Gasteiger partial charge in [-0.1, -0.05) is 169 Å². The van der Waals surface area contributed by atoms with Crippen LogP contribution in [0.5, 0.6) is 0 Å². The normalized spacial score (nSPS) is 15.1. The Morgan fingerprint density at radius 1 is 0.481 bits per heavy atom. The van der Waals surface area contributed by atoms with Crippen molar-refractivity contribution in [3.05, 3.63) is 189 Å². The van der Waals surface area contributed by atoms with Gasteiger partial charge in [0.2, 0.25) is 0 Å². The molecular formula is C51H66Y-2. The third-order valence-electron chi connectivity index (χ3n) is 9.03. The molecule has 52 heavy (non-hydrogen) atoms. The maximum absolute atomic E-state index is 3.68. The van der Waals surface area contributed by atoms with E-state index in [-0.39, 0.29) is 38.1 Å². The maximum Gasteiger partial charge on any atom is 0.0676 e. The molecule has 8 rings (SSSR count). The summed E-state index contributed by atoms with van der Waals surface area (Å²) in [7, 11) is 0. The summed E-state index contributed by atoms with van der Waals surface area (Å²) in [6, 6.07) is 42.8. The minimum atomic E-state index is -0.406. The number of allylic oxidation sites excluding steroid dienone is 8. The molecule has 1 heteroatoms. The topological polar surface area (TPSA) is 0 Å². The Balaban J connectivity index is 0.000000805. The van der Waals surface area contributed by atoms with Gasteiger partial charge in [-0.3, -0.25) is 0 Å². The Hall–Kier alpha value is -3.06. The van der Waals surface area contributed by atoms with E-state index in [1.54, 1.807) is 0 Å². The summed E-state index contributed by atoms with van der Waals surface area (Å²) in [6.45, 7) is 24.5. The van der Waals surface area contributed by atoms with Gasteiger partial charge in [-0.15, -0.1) is 11.1 Å². The molecule has 4 aromatic carbocycles. The van der Waals surface area contributed by atoms with Gasteiger partial charge in [0.05, 0.1) is 5.41 Å². The Labute approximate surface area is 345 Å². The van der Waals surface area contributed by atoms with E-state index in [0.29, 0.717) is 0 Å². The van der Waals surface area contributed by atoms with E-state index in [4.69, 9.17) is 0 Å². The van der Waals surface area contributed by atoms with Crippen LogP contribution >= 0.6 is 0 Å². The van der Waals surface area contributed by atoms with Crippen molar-refractivity contribution >= 4 is 0 Å². The van der Waals surface area contributed by atoms with E-state index in [0.717, 1.165) is 19.3 Å². The van der Waals surface area contributed by atoms with Gasteiger partial charge in [0, 0.05) is 38.1 Å². The fourth-order valence-electron chi connectivity index (χ4n) is 7.81. The van der Waals surface area contributed by atoms with Crippen LogP contribution < -0.4 is 0 Å². The minimum Gasteiger partial charge on any atom is -0.179 e. The molecular weight excluding hydrogens is 701 g/mol. The van der Waals surface area contributed by atoms with Crippen LogP contribution in [0.1, 0.15) is 142 Å². The zero-order valence-corrected chi connectivity index (χ0v) is 37.5. The quantitative estimate of drug-likeness (QED) is 0.178. The number of rotatable bonds is 2. The molecule has 0 aliphatic heterocycles. The number of hydrogen-bond acceptors (Lipinski definition) is 0. The summed E-state index contributed by atoms with van der Waals surface area (Å²) in [6.07, 6.45) is 15.0. The van der Waals surface area contributed by atoms with Crippen LogP contribution in [0.2, 0.25) is 0 Å². The van der Waals surface area contributed by atoms with E-state index in [2.05, 4.69) is 161 Å². The van der Waals surface area contributed by atoms with Crippen molar-refractivity contribution in [3.63, 3.8) is 0 Å². The van der Waals surface area contributed by atoms with Crippen molar-refractivity contribution in [2.24, 2.45) is 0 Å². The van der Waals surface area contributed by atoms with Crippen molar-refractivity contribution in [1.29, 1.82) is 0 Å². The minimum absolute atomic E-state index is 0.